The molecule has 79 heavy (non-hydrogen) atoms. The Hall–Kier alpha value is -7.42. The van der Waals surface area contributed by atoms with Gasteiger partial charge in [-0.25, -0.2) is 0 Å². The third-order valence-electron chi connectivity index (χ3n) is 12.7. The number of hydrogen-bond acceptors (Lipinski definition) is 0. The fourth-order valence-corrected chi connectivity index (χ4v) is 19.6. The Morgan fingerprint density at radius 3 is 0.266 bits per heavy atom. The molecule has 0 N–H and O–H groups in total. The van der Waals surface area contributed by atoms with Crippen LogP contribution < -0.4 is 63.7 Å². The van der Waals surface area contributed by atoms with Gasteiger partial charge in [0.15, 0.2) is 0 Å². The van der Waals surface area contributed by atoms with Gasteiger partial charge in [0, 0.05) is 20.4 Å². The Balaban J connectivity index is 0.000000150. The van der Waals surface area contributed by atoms with Crippen LogP contribution in [0.1, 0.15) is 0 Å². The van der Waals surface area contributed by atoms with Gasteiger partial charge in [-0.2, -0.15) is 0 Å². The summed E-state index contributed by atoms with van der Waals surface area (Å²) >= 11 is 0. The van der Waals surface area contributed by atoms with E-state index in [4.69, 9.17) is 6.42 Å². The molecule has 12 rings (SSSR count). The zero-order valence-electron chi connectivity index (χ0n) is 44.0. The van der Waals surface area contributed by atoms with Gasteiger partial charge in [-0.3, -0.25) is 0 Å². The zero-order chi connectivity index (χ0) is 53.7. The van der Waals surface area contributed by atoms with Crippen LogP contribution in [0.5, 0.6) is 0 Å². The van der Waals surface area contributed by atoms with E-state index in [1.54, 1.807) is 0 Å². The number of benzene rings is 12. The Morgan fingerprint density at radius 2 is 0.203 bits per heavy atom. The van der Waals surface area contributed by atoms with E-state index in [2.05, 4.69) is 370 Å². The minimum atomic E-state index is -0.877. The summed E-state index contributed by atoms with van der Waals surface area (Å²) in [5.74, 6) is 0. The fraction of sp³-hybridized carbons (Fsp3) is 0. The Kier molecular flexibility index (Phi) is 25.3. The first kappa shape index (κ1) is 59.2. The maximum absolute atomic E-state index is 5.25. The normalized spacial score (nSPS) is 10.2. The van der Waals surface area contributed by atoms with Gasteiger partial charge in [0.2, 0.25) is 0 Å². The molecule has 0 heterocycles. The van der Waals surface area contributed by atoms with E-state index in [0.29, 0.717) is 0 Å². The molecule has 0 aliphatic carbocycles. The molecule has 12 aromatic rings. The Morgan fingerprint density at radius 1 is 0.139 bits per heavy atom. The van der Waals surface area contributed by atoms with Crippen LogP contribution in [0.3, 0.4) is 0 Å². The van der Waals surface area contributed by atoms with Crippen LogP contribution in [-0.4, -0.2) is 0 Å². The van der Waals surface area contributed by atoms with Crippen LogP contribution in [-0.2, 0) is 20.4 Å². The largest absolute Gasteiger partial charge is 0.697 e. The first-order chi connectivity index (χ1) is 38.8. The quantitative estimate of drug-likeness (QED) is 0.0495. The van der Waals surface area contributed by atoms with Gasteiger partial charge in [-0.15, -0.1) is 0 Å². The summed E-state index contributed by atoms with van der Waals surface area (Å²) < 4.78 is 0. The monoisotopic (exact) mass is 1180 g/mol. The predicted molar refractivity (Wildman–Crippen MR) is 354 cm³/mol. The average molecular weight is 1180 g/mol. The van der Waals surface area contributed by atoms with Crippen LogP contribution >= 0.6 is 31.7 Å². The minimum absolute atomic E-state index is 0. The molecule has 0 aromatic heterocycles. The van der Waals surface area contributed by atoms with Crippen molar-refractivity contribution in [1.82, 2.24) is 0 Å². The van der Waals surface area contributed by atoms with Crippen molar-refractivity contribution in [2.45, 2.75) is 0 Å². The molecule has 12 aromatic carbocycles. The second kappa shape index (κ2) is 33.8. The van der Waals surface area contributed by atoms with Crippen LogP contribution in [0, 0.1) is 12.8 Å². The standard InChI is InChI=1S/4C18H15P.C2H.Pd/c4*1-4-10-16(11-5-1)19(17-12-6-2-7-13-17)18-14-8-3-9-15-18;1-2;/h4*1-15H;1H;/q;;;;-1;/p+4. The van der Waals surface area contributed by atoms with Gasteiger partial charge in [0.05, 0.1) is 31.7 Å². The molecule has 5 heteroatoms. The number of hydrogen-bond donors (Lipinski definition) is 0. The van der Waals surface area contributed by atoms with Crippen molar-refractivity contribution in [1.29, 1.82) is 0 Å². The molecule has 0 saturated carbocycles. The van der Waals surface area contributed by atoms with Gasteiger partial charge in [-0.1, -0.05) is 218 Å². The molecule has 0 bridgehead atoms. The molecular weight excluding hydrogens is 1120 g/mol. The fourth-order valence-electron chi connectivity index (χ4n) is 9.26. The second-order valence-electron chi connectivity index (χ2n) is 17.9. The van der Waals surface area contributed by atoms with Crippen molar-refractivity contribution in [3.63, 3.8) is 0 Å². The van der Waals surface area contributed by atoms with Crippen LogP contribution in [0.4, 0.5) is 0 Å². The van der Waals surface area contributed by atoms with Crippen LogP contribution in [0.15, 0.2) is 364 Å². The van der Waals surface area contributed by atoms with Crippen molar-refractivity contribution in [3.05, 3.63) is 370 Å². The molecule has 0 radical (unpaired) electrons. The summed E-state index contributed by atoms with van der Waals surface area (Å²) in [6.07, 6.45) is 9.00. The van der Waals surface area contributed by atoms with E-state index < -0.39 is 31.7 Å². The third-order valence-corrected chi connectivity index (χ3v) is 23.7. The summed E-state index contributed by atoms with van der Waals surface area (Å²) in [7, 11) is -3.51. The van der Waals surface area contributed by atoms with Crippen molar-refractivity contribution < 1.29 is 20.4 Å². The summed E-state index contributed by atoms with van der Waals surface area (Å²) in [5, 5.41) is 17.2. The Labute approximate surface area is 489 Å². The average Bonchev–Trinajstić information content (AvgIpc) is 3.55. The van der Waals surface area contributed by atoms with Gasteiger partial charge >= 0.3 is 0 Å². The Bertz CT molecular complexity index is 2630. The summed E-state index contributed by atoms with van der Waals surface area (Å²) in [6.45, 7) is 0. The SMILES string of the molecule is [C-]#C.[Pd].c1ccc([PH+](c2ccccc2)c2ccccc2)cc1.c1ccc([PH+](c2ccccc2)c2ccccc2)cc1.c1ccc([PH+](c2ccccc2)c2ccccc2)cc1.c1ccc([PH+](c2ccccc2)c2ccccc2)cc1. The zero-order valence-corrected chi connectivity index (χ0v) is 49.6. The topological polar surface area (TPSA) is 0 Å². The molecule has 388 valence electrons. The predicted octanol–water partition coefficient (Wildman–Crippen LogP) is 12.9. The molecule has 0 saturated heterocycles. The number of terminal acetylenes is 1. The maximum Gasteiger partial charge on any atom is 0.102 e. The first-order valence-electron chi connectivity index (χ1n) is 26.2. The van der Waals surface area contributed by atoms with Crippen LogP contribution in [0.2, 0.25) is 0 Å². The first-order valence-corrected chi connectivity index (χ1v) is 32.2. The van der Waals surface area contributed by atoms with Crippen molar-refractivity contribution in [3.8, 4) is 6.42 Å². The van der Waals surface area contributed by atoms with Crippen molar-refractivity contribution in [2.75, 3.05) is 0 Å². The van der Waals surface area contributed by atoms with E-state index in [9.17, 15) is 0 Å². The second-order valence-corrected chi connectivity index (χ2v) is 27.8. The minimum Gasteiger partial charge on any atom is -0.697 e. The molecule has 0 spiro atoms. The molecule has 0 amide bonds. The van der Waals surface area contributed by atoms with E-state index >= 15 is 0 Å². The number of rotatable bonds is 12. The van der Waals surface area contributed by atoms with E-state index in [-0.39, 0.29) is 20.4 Å². The van der Waals surface area contributed by atoms with Crippen molar-refractivity contribution >= 4 is 95.3 Å². The van der Waals surface area contributed by atoms with E-state index in [1.807, 2.05) is 0 Å². The molecule has 0 aliphatic heterocycles. The maximum atomic E-state index is 5.25. The molecular formula is C74H65P4Pd+3. The summed E-state index contributed by atoms with van der Waals surface area (Å²) in [4.78, 5) is 0. The van der Waals surface area contributed by atoms with Gasteiger partial charge in [0.25, 0.3) is 0 Å². The van der Waals surface area contributed by atoms with Gasteiger partial charge < -0.3 is 12.8 Å². The molecule has 0 unspecified atom stereocenters. The molecule has 0 fully saturated rings. The van der Waals surface area contributed by atoms with E-state index in [0.717, 1.165) is 0 Å². The third kappa shape index (κ3) is 17.8. The van der Waals surface area contributed by atoms with Crippen molar-refractivity contribution in [2.24, 2.45) is 0 Å². The summed E-state index contributed by atoms with van der Waals surface area (Å²) in [6, 6.07) is 130. The molecule has 0 nitrogen and oxygen atoms in total. The summed E-state index contributed by atoms with van der Waals surface area (Å²) in [5.41, 5.74) is 0. The van der Waals surface area contributed by atoms with Crippen LogP contribution in [0.25, 0.3) is 0 Å². The van der Waals surface area contributed by atoms with E-state index in [1.165, 1.54) is 63.7 Å². The van der Waals surface area contributed by atoms with Gasteiger partial charge in [-0.05, 0) is 146 Å². The molecule has 0 atom stereocenters. The smallest absolute Gasteiger partial charge is 0.102 e. The molecule has 0 aliphatic rings. The van der Waals surface area contributed by atoms with Gasteiger partial charge in [0.1, 0.15) is 63.7 Å².